The van der Waals surface area contributed by atoms with E-state index in [4.69, 9.17) is 5.73 Å². The molecule has 2 heterocycles. The minimum absolute atomic E-state index is 0.170. The molecule has 6 heteroatoms. The van der Waals surface area contributed by atoms with Crippen LogP contribution in [0.15, 0.2) is 40.5 Å². The number of amides is 1. The molecule has 1 amide bonds. The van der Waals surface area contributed by atoms with Crippen LogP contribution in [0, 0.1) is 0 Å². The number of rotatable bonds is 5. The maximum Gasteiger partial charge on any atom is 0.236 e. The van der Waals surface area contributed by atoms with Gasteiger partial charge in [0, 0.05) is 32.1 Å². The van der Waals surface area contributed by atoms with Crippen LogP contribution in [-0.4, -0.2) is 59.9 Å². The molecule has 1 fully saturated rings. The van der Waals surface area contributed by atoms with E-state index in [2.05, 4.69) is 16.8 Å². The smallest absolute Gasteiger partial charge is 0.236 e. The number of aliphatic imine (C=N–C) groups is 1. The first-order valence-electron chi connectivity index (χ1n) is 9.35. The van der Waals surface area contributed by atoms with Crippen LogP contribution in [0.2, 0.25) is 0 Å². The highest BCUT2D eigenvalue weighted by atomic mass is 16.3. The van der Waals surface area contributed by atoms with Gasteiger partial charge in [0.05, 0.1) is 18.6 Å². The lowest BCUT2D eigenvalue weighted by molar-refractivity contribution is -0.133. The average Bonchev–Trinajstić information content (AvgIpc) is 3.03. The van der Waals surface area contributed by atoms with E-state index in [0.29, 0.717) is 19.0 Å². The van der Waals surface area contributed by atoms with Crippen LogP contribution < -0.4 is 5.73 Å². The van der Waals surface area contributed by atoms with Crippen LogP contribution in [0.5, 0.6) is 5.75 Å². The predicted molar refractivity (Wildman–Crippen MR) is 103 cm³/mol. The highest BCUT2D eigenvalue weighted by Crippen LogP contribution is 2.29. The quantitative estimate of drug-likeness (QED) is 0.625. The maximum atomic E-state index is 12.8. The lowest BCUT2D eigenvalue weighted by Gasteiger charge is -2.34. The normalized spacial score (nSPS) is 21.7. The van der Waals surface area contributed by atoms with Crippen molar-refractivity contribution in [2.45, 2.75) is 32.1 Å². The largest absolute Gasteiger partial charge is 0.508 e. The summed E-state index contributed by atoms with van der Waals surface area (Å²) < 4.78 is 0. The summed E-state index contributed by atoms with van der Waals surface area (Å²) >= 11 is 0. The number of nitrogens with two attached hydrogens (primary N) is 1. The molecule has 0 unspecified atom stereocenters. The molecule has 140 valence electrons. The molecule has 3 N–H and O–H groups in total. The molecule has 2 aliphatic heterocycles. The lowest BCUT2D eigenvalue weighted by atomic mass is 9.90. The second-order valence-electron chi connectivity index (χ2n) is 7.10. The lowest BCUT2D eigenvalue weighted by Crippen LogP contribution is -2.44. The summed E-state index contributed by atoms with van der Waals surface area (Å²) in [6.45, 7) is 5.53. The molecule has 1 aromatic rings. The summed E-state index contributed by atoms with van der Waals surface area (Å²) in [5.74, 6) is 0.748. The fourth-order valence-corrected chi connectivity index (χ4v) is 3.94. The summed E-state index contributed by atoms with van der Waals surface area (Å²) in [6, 6.07) is 7.40. The average molecular weight is 356 g/mol. The number of piperidine rings is 1. The highest BCUT2D eigenvalue weighted by molar-refractivity contribution is 5.78. The molecule has 0 bridgehead atoms. The Hall–Kier alpha value is -2.34. The number of nitrogens with zero attached hydrogens (tertiary/aromatic N) is 3. The van der Waals surface area contributed by atoms with Gasteiger partial charge in [-0.1, -0.05) is 19.1 Å². The van der Waals surface area contributed by atoms with Crippen molar-refractivity contribution in [2.24, 2.45) is 10.7 Å². The number of aromatic hydroxyl groups is 1. The molecule has 0 saturated carbocycles. The molecule has 0 aromatic heterocycles. The summed E-state index contributed by atoms with van der Waals surface area (Å²) in [4.78, 5) is 21.2. The van der Waals surface area contributed by atoms with Crippen molar-refractivity contribution >= 4 is 12.2 Å². The van der Waals surface area contributed by atoms with E-state index >= 15 is 0 Å². The van der Waals surface area contributed by atoms with Gasteiger partial charge in [-0.15, -0.1) is 0 Å². The molecular weight excluding hydrogens is 328 g/mol. The molecule has 26 heavy (non-hydrogen) atoms. The van der Waals surface area contributed by atoms with Gasteiger partial charge < -0.3 is 15.7 Å². The molecule has 0 spiro atoms. The standard InChI is InChI=1S/C20H28N4O2/c1-2-15-10-23(12-19(15)22-14-21)13-20(26)24-8-4-6-17(11-24)16-5-3-7-18(25)9-16/h3,5,7,9,14,17,25H,2,4,6,8,10-13H2,1H3,(H2,21,22)/t17-/m1/s1. The van der Waals surface area contributed by atoms with Gasteiger partial charge in [-0.25, -0.2) is 4.99 Å². The summed E-state index contributed by atoms with van der Waals surface area (Å²) in [5, 5.41) is 9.71. The van der Waals surface area contributed by atoms with E-state index in [1.54, 1.807) is 6.07 Å². The third-order valence-corrected chi connectivity index (χ3v) is 5.33. The Bertz CT molecular complexity index is 714. The van der Waals surface area contributed by atoms with Crippen molar-refractivity contribution in [1.82, 2.24) is 9.80 Å². The number of hydrogen-bond acceptors (Lipinski definition) is 4. The number of phenolic OH excluding ortho intramolecular Hbond substituents is 1. The van der Waals surface area contributed by atoms with Crippen LogP contribution in [0.25, 0.3) is 0 Å². The highest BCUT2D eigenvalue weighted by Gasteiger charge is 2.28. The fourth-order valence-electron chi connectivity index (χ4n) is 3.94. The Labute approximate surface area is 155 Å². The van der Waals surface area contributed by atoms with E-state index in [1.165, 1.54) is 11.9 Å². The molecule has 1 saturated heterocycles. The molecule has 6 nitrogen and oxygen atoms in total. The first kappa shape index (κ1) is 18.5. The summed E-state index contributed by atoms with van der Waals surface area (Å²) in [7, 11) is 0. The second kappa shape index (κ2) is 8.36. The summed E-state index contributed by atoms with van der Waals surface area (Å²) in [6.07, 6.45) is 4.31. The Balaban J connectivity index is 1.58. The zero-order valence-corrected chi connectivity index (χ0v) is 15.4. The Morgan fingerprint density at radius 2 is 2.27 bits per heavy atom. The Morgan fingerprint density at radius 3 is 3.00 bits per heavy atom. The third-order valence-electron chi connectivity index (χ3n) is 5.33. The number of benzene rings is 1. The monoisotopic (exact) mass is 356 g/mol. The minimum Gasteiger partial charge on any atom is -0.508 e. The van der Waals surface area contributed by atoms with Crippen LogP contribution in [0.4, 0.5) is 0 Å². The zero-order valence-electron chi connectivity index (χ0n) is 15.4. The minimum atomic E-state index is 0.170. The van der Waals surface area contributed by atoms with Crippen LogP contribution in [0.3, 0.4) is 0 Å². The Kier molecular flexibility index (Phi) is 5.93. The van der Waals surface area contributed by atoms with Gasteiger partial charge in [0.2, 0.25) is 5.91 Å². The van der Waals surface area contributed by atoms with Gasteiger partial charge in [-0.05, 0) is 42.5 Å². The van der Waals surface area contributed by atoms with Gasteiger partial charge in [-0.3, -0.25) is 9.69 Å². The van der Waals surface area contributed by atoms with Crippen LogP contribution >= 0.6 is 0 Å². The third kappa shape index (κ3) is 4.25. The molecule has 2 aliphatic rings. The second-order valence-corrected chi connectivity index (χ2v) is 7.10. The molecule has 1 aromatic carbocycles. The van der Waals surface area contributed by atoms with Crippen molar-refractivity contribution in [3.05, 3.63) is 41.1 Å². The fraction of sp³-hybridized carbons (Fsp3) is 0.500. The van der Waals surface area contributed by atoms with E-state index < -0.39 is 0 Å². The Morgan fingerprint density at radius 1 is 1.42 bits per heavy atom. The van der Waals surface area contributed by atoms with E-state index in [-0.39, 0.29) is 11.7 Å². The van der Waals surface area contributed by atoms with Crippen molar-refractivity contribution in [3.63, 3.8) is 0 Å². The molecule has 0 aliphatic carbocycles. The molecule has 1 atom stereocenters. The van der Waals surface area contributed by atoms with Crippen molar-refractivity contribution in [3.8, 4) is 5.75 Å². The SMILES string of the molecule is CCC1=C(N=CN)CN(CC(=O)N2CCC[C@@H](c3cccc(O)c3)C2)C1. The molecule has 3 rings (SSSR count). The van der Waals surface area contributed by atoms with Gasteiger partial charge in [0.15, 0.2) is 0 Å². The van der Waals surface area contributed by atoms with E-state index in [9.17, 15) is 9.90 Å². The number of likely N-dealkylation sites (tertiary alicyclic amines) is 1. The van der Waals surface area contributed by atoms with Gasteiger partial charge in [0.1, 0.15) is 5.75 Å². The number of carbonyl (C=O) groups is 1. The van der Waals surface area contributed by atoms with E-state index in [1.807, 2.05) is 23.1 Å². The van der Waals surface area contributed by atoms with Crippen molar-refractivity contribution in [1.29, 1.82) is 0 Å². The maximum absolute atomic E-state index is 12.8. The van der Waals surface area contributed by atoms with E-state index in [0.717, 1.165) is 50.2 Å². The number of hydrogen-bond donors (Lipinski definition) is 2. The van der Waals surface area contributed by atoms with Gasteiger partial charge >= 0.3 is 0 Å². The summed E-state index contributed by atoms with van der Waals surface area (Å²) in [5.41, 5.74) is 8.80. The van der Waals surface area contributed by atoms with Crippen molar-refractivity contribution < 1.29 is 9.90 Å². The predicted octanol–water partition coefficient (Wildman–Crippen LogP) is 2.06. The van der Waals surface area contributed by atoms with Crippen molar-refractivity contribution in [2.75, 3.05) is 32.7 Å². The first-order chi connectivity index (χ1) is 12.6. The van der Waals surface area contributed by atoms with Gasteiger partial charge in [0.25, 0.3) is 0 Å². The number of carbonyl (C=O) groups excluding carboxylic acids is 1. The van der Waals surface area contributed by atoms with Crippen LogP contribution in [-0.2, 0) is 4.79 Å². The molecular formula is C20H28N4O2. The van der Waals surface area contributed by atoms with Gasteiger partial charge in [-0.2, -0.15) is 0 Å². The topological polar surface area (TPSA) is 82.2 Å². The van der Waals surface area contributed by atoms with Crippen LogP contribution in [0.1, 0.15) is 37.7 Å². The number of phenols is 1. The first-order valence-corrected chi connectivity index (χ1v) is 9.35. The zero-order chi connectivity index (χ0) is 18.5. The molecule has 0 radical (unpaired) electrons.